The van der Waals surface area contributed by atoms with Crippen LogP contribution in [-0.2, 0) is 4.79 Å². The maximum Gasteiger partial charge on any atom is 0.345 e. The average Bonchev–Trinajstić information content (AvgIpc) is 2.69. The number of nitrogens with one attached hydrogen (secondary N) is 2. The van der Waals surface area contributed by atoms with Crippen LogP contribution in [0.1, 0.15) is 6.92 Å². The quantitative estimate of drug-likeness (QED) is 0.676. The summed E-state index contributed by atoms with van der Waals surface area (Å²) in [7, 11) is 0. The fourth-order valence-corrected chi connectivity index (χ4v) is 1.85. The van der Waals surface area contributed by atoms with E-state index in [1.165, 1.54) is 6.20 Å². The van der Waals surface area contributed by atoms with Gasteiger partial charge in [0.2, 0.25) is 0 Å². The van der Waals surface area contributed by atoms with E-state index in [1.54, 1.807) is 18.3 Å². The lowest BCUT2D eigenvalue weighted by Gasteiger charge is -2.29. The fraction of sp³-hybridized carbons (Fsp3) is 0.182. The lowest BCUT2D eigenvalue weighted by molar-refractivity contribution is -0.132. The van der Waals surface area contributed by atoms with Gasteiger partial charge in [0.25, 0.3) is 11.7 Å². The minimum Gasteiger partial charge on any atom is -0.477 e. The Hall–Kier alpha value is -2.21. The van der Waals surface area contributed by atoms with Gasteiger partial charge in [0.05, 0.1) is 6.20 Å². The molecule has 88 valence electrons. The molecule has 0 aliphatic carbocycles. The first kappa shape index (κ1) is 11.3. The van der Waals surface area contributed by atoms with Gasteiger partial charge in [-0.15, -0.1) is 4.59 Å². The number of carbonyl (C=O) groups is 1. The maximum absolute atomic E-state index is 11.0. The number of likely N-dealkylation sites (N-methyl/N-ethyl adjacent to an activating group) is 1. The van der Waals surface area contributed by atoms with Gasteiger partial charge >= 0.3 is 5.97 Å². The van der Waals surface area contributed by atoms with E-state index in [2.05, 4.69) is 10.4 Å². The zero-order valence-corrected chi connectivity index (χ0v) is 9.34. The van der Waals surface area contributed by atoms with Crippen molar-refractivity contribution >= 4 is 17.6 Å². The van der Waals surface area contributed by atoms with Gasteiger partial charge in [0, 0.05) is 12.3 Å². The number of hydrogen-bond donors (Lipinski definition) is 3. The van der Waals surface area contributed by atoms with Crippen LogP contribution in [0, 0.1) is 5.41 Å². The Morgan fingerprint density at radius 1 is 1.59 bits per heavy atom. The molecule has 1 aromatic rings. The second-order valence-electron chi connectivity index (χ2n) is 3.65. The molecule has 3 N–H and O–H groups in total. The summed E-state index contributed by atoms with van der Waals surface area (Å²) in [6, 6.07) is 5.36. The molecule has 0 saturated heterocycles. The summed E-state index contributed by atoms with van der Waals surface area (Å²) in [6.07, 6.45) is 2.97. The van der Waals surface area contributed by atoms with E-state index in [1.807, 2.05) is 13.0 Å². The number of quaternary nitrogens is 1. The van der Waals surface area contributed by atoms with Crippen molar-refractivity contribution in [3.05, 3.63) is 36.2 Å². The predicted octanol–water partition coefficient (Wildman–Crippen LogP) is 0.873. The van der Waals surface area contributed by atoms with Crippen molar-refractivity contribution in [1.29, 1.82) is 5.41 Å². The minimum atomic E-state index is -1.10. The zero-order chi connectivity index (χ0) is 12.5. The molecule has 1 aromatic heterocycles. The molecule has 0 amide bonds. The third-order valence-corrected chi connectivity index (χ3v) is 2.81. The standard InChI is InChI=1S/C11H12N4O2/c1-2-15(9-5-3-4-6-13-9)10(12)8(7-14-15)11(16)17/h3-7H,2H2,1H3,(H2-,12,14,16,17)/p+1. The van der Waals surface area contributed by atoms with Gasteiger partial charge in [-0.25, -0.2) is 20.6 Å². The first-order valence-corrected chi connectivity index (χ1v) is 5.22. The second-order valence-corrected chi connectivity index (χ2v) is 3.65. The van der Waals surface area contributed by atoms with E-state index in [4.69, 9.17) is 10.5 Å². The van der Waals surface area contributed by atoms with E-state index in [0.29, 0.717) is 12.4 Å². The lowest BCUT2D eigenvalue weighted by atomic mass is 10.2. The number of carboxylic acid groups (broad SMARTS) is 1. The summed E-state index contributed by atoms with van der Waals surface area (Å²) >= 11 is 0. The van der Waals surface area contributed by atoms with E-state index in [9.17, 15) is 4.79 Å². The molecule has 0 radical (unpaired) electrons. The summed E-state index contributed by atoms with van der Waals surface area (Å²) in [5, 5.41) is 17.0. The van der Waals surface area contributed by atoms with Crippen LogP contribution in [0.3, 0.4) is 0 Å². The van der Waals surface area contributed by atoms with Crippen LogP contribution >= 0.6 is 0 Å². The summed E-state index contributed by atoms with van der Waals surface area (Å²) in [6.45, 7) is 2.37. The molecule has 0 fully saturated rings. The lowest BCUT2D eigenvalue weighted by Crippen LogP contribution is -2.58. The molecule has 0 saturated carbocycles. The molecule has 0 spiro atoms. The van der Waals surface area contributed by atoms with E-state index < -0.39 is 5.97 Å². The third kappa shape index (κ3) is 1.58. The number of nitrogens with zero attached hydrogens (tertiary/aromatic N) is 2. The molecule has 6 heteroatoms. The summed E-state index contributed by atoms with van der Waals surface area (Å²) in [5.74, 6) is -0.502. The topological polar surface area (TPSA) is 86.1 Å². The van der Waals surface area contributed by atoms with Gasteiger partial charge in [0.1, 0.15) is 6.54 Å². The third-order valence-electron chi connectivity index (χ3n) is 2.81. The molecule has 1 unspecified atom stereocenters. The zero-order valence-electron chi connectivity index (χ0n) is 9.34. The molecule has 0 bridgehead atoms. The highest BCUT2D eigenvalue weighted by atomic mass is 16.4. The second kappa shape index (κ2) is 3.99. The van der Waals surface area contributed by atoms with Crippen molar-refractivity contribution in [3.8, 4) is 0 Å². The molecule has 1 aliphatic heterocycles. The average molecular weight is 233 g/mol. The number of aromatic nitrogens is 1. The summed E-state index contributed by atoms with van der Waals surface area (Å²) in [5.41, 5.74) is 2.89. The maximum atomic E-state index is 11.0. The minimum absolute atomic E-state index is 0.00120. The Kier molecular flexibility index (Phi) is 2.64. The summed E-state index contributed by atoms with van der Waals surface area (Å²) in [4.78, 5) is 15.2. The van der Waals surface area contributed by atoms with Crippen molar-refractivity contribution in [1.82, 2.24) is 15.0 Å². The Balaban J connectivity index is 2.44. The molecular weight excluding hydrogens is 220 g/mol. The smallest absolute Gasteiger partial charge is 0.345 e. The molecule has 2 rings (SSSR count). The SMILES string of the molecule is CC[N+]1(c2ccccn2)NC=C(C(=O)O)C1=N. The fourth-order valence-electron chi connectivity index (χ4n) is 1.85. The van der Waals surface area contributed by atoms with E-state index >= 15 is 0 Å². The van der Waals surface area contributed by atoms with Gasteiger partial charge in [-0.2, -0.15) is 0 Å². The number of carboxylic acids is 1. The van der Waals surface area contributed by atoms with Crippen molar-refractivity contribution in [2.24, 2.45) is 0 Å². The Morgan fingerprint density at radius 2 is 2.35 bits per heavy atom. The van der Waals surface area contributed by atoms with Crippen molar-refractivity contribution < 1.29 is 9.90 Å². The van der Waals surface area contributed by atoms with Crippen LogP contribution in [-0.4, -0.2) is 28.4 Å². The Morgan fingerprint density at radius 3 is 2.82 bits per heavy atom. The number of rotatable bonds is 3. The Labute approximate surface area is 98.3 Å². The highest BCUT2D eigenvalue weighted by molar-refractivity contribution is 6.21. The predicted molar refractivity (Wildman–Crippen MR) is 63.2 cm³/mol. The number of amidine groups is 1. The highest BCUT2D eigenvalue weighted by Crippen LogP contribution is 2.24. The molecule has 2 heterocycles. The molecule has 17 heavy (non-hydrogen) atoms. The van der Waals surface area contributed by atoms with Gasteiger partial charge in [-0.05, 0) is 13.0 Å². The van der Waals surface area contributed by atoms with Crippen LogP contribution < -0.4 is 10.0 Å². The van der Waals surface area contributed by atoms with E-state index in [0.717, 1.165) is 0 Å². The molecule has 1 aliphatic rings. The molecular formula is C11H13N4O2+. The highest BCUT2D eigenvalue weighted by Gasteiger charge is 2.45. The number of aliphatic carboxylic acids is 1. The first-order chi connectivity index (χ1) is 8.12. The largest absolute Gasteiger partial charge is 0.477 e. The van der Waals surface area contributed by atoms with Gasteiger partial charge in [-0.1, -0.05) is 6.07 Å². The van der Waals surface area contributed by atoms with Crippen LogP contribution in [0.15, 0.2) is 36.2 Å². The normalized spacial score (nSPS) is 23.1. The van der Waals surface area contributed by atoms with Crippen LogP contribution in [0.25, 0.3) is 0 Å². The molecule has 1 atom stereocenters. The van der Waals surface area contributed by atoms with Crippen LogP contribution in [0.5, 0.6) is 0 Å². The van der Waals surface area contributed by atoms with E-state index in [-0.39, 0.29) is 16.0 Å². The van der Waals surface area contributed by atoms with Crippen molar-refractivity contribution in [3.63, 3.8) is 0 Å². The monoisotopic (exact) mass is 233 g/mol. The van der Waals surface area contributed by atoms with Gasteiger partial charge < -0.3 is 5.11 Å². The van der Waals surface area contributed by atoms with Crippen molar-refractivity contribution in [2.45, 2.75) is 6.92 Å². The number of hydrogen-bond acceptors (Lipinski definition) is 4. The van der Waals surface area contributed by atoms with Crippen LogP contribution in [0.4, 0.5) is 5.82 Å². The van der Waals surface area contributed by atoms with Crippen molar-refractivity contribution in [2.75, 3.05) is 6.54 Å². The van der Waals surface area contributed by atoms with Gasteiger partial charge in [0.15, 0.2) is 5.57 Å². The van der Waals surface area contributed by atoms with Crippen LogP contribution in [0.2, 0.25) is 0 Å². The molecule has 6 nitrogen and oxygen atoms in total. The Bertz CT molecular complexity index is 497. The van der Waals surface area contributed by atoms with Gasteiger partial charge in [-0.3, -0.25) is 0 Å². The molecule has 0 aromatic carbocycles. The summed E-state index contributed by atoms with van der Waals surface area (Å²) < 4.78 is -0.0670. The first-order valence-electron chi connectivity index (χ1n) is 5.22. The number of pyridine rings is 1.